The van der Waals surface area contributed by atoms with Gasteiger partial charge in [-0.2, -0.15) is 0 Å². The average molecular weight is 277 g/mol. The van der Waals surface area contributed by atoms with Gasteiger partial charge in [0, 0.05) is 6.42 Å². The Morgan fingerprint density at radius 2 is 1.37 bits per heavy atom. The standard InChI is InChI=1S/C13H24FNO4/c1-12(2,3)18-10(16)8(14)7-9(15)11(17)19-13(4,5)6/h8-9H,7,15H2,1-6H3/t8-,9-/m0/s1. The first-order valence-electron chi connectivity index (χ1n) is 6.17. The predicted molar refractivity (Wildman–Crippen MR) is 69.2 cm³/mol. The number of carbonyl (C=O) groups is 2. The summed E-state index contributed by atoms with van der Waals surface area (Å²) in [5.74, 6) is -1.76. The van der Waals surface area contributed by atoms with E-state index in [1.54, 1.807) is 41.5 Å². The van der Waals surface area contributed by atoms with Gasteiger partial charge < -0.3 is 15.2 Å². The molecule has 19 heavy (non-hydrogen) atoms. The maximum absolute atomic E-state index is 13.6. The molecule has 2 atom stereocenters. The zero-order valence-corrected chi connectivity index (χ0v) is 12.5. The Balaban J connectivity index is 4.36. The van der Waals surface area contributed by atoms with Crippen LogP contribution in [-0.4, -0.2) is 35.4 Å². The highest BCUT2D eigenvalue weighted by Crippen LogP contribution is 2.14. The van der Waals surface area contributed by atoms with Crippen LogP contribution in [0.3, 0.4) is 0 Å². The first-order chi connectivity index (χ1) is 8.32. The highest BCUT2D eigenvalue weighted by Gasteiger charge is 2.30. The van der Waals surface area contributed by atoms with E-state index in [9.17, 15) is 14.0 Å². The van der Waals surface area contributed by atoms with E-state index in [4.69, 9.17) is 15.2 Å². The average Bonchev–Trinajstić information content (AvgIpc) is 2.11. The van der Waals surface area contributed by atoms with Crippen molar-refractivity contribution in [2.75, 3.05) is 0 Å². The number of alkyl halides is 1. The van der Waals surface area contributed by atoms with Crippen LogP contribution >= 0.6 is 0 Å². The van der Waals surface area contributed by atoms with E-state index in [0.717, 1.165) is 0 Å². The Morgan fingerprint density at radius 3 is 1.74 bits per heavy atom. The minimum Gasteiger partial charge on any atom is -0.459 e. The van der Waals surface area contributed by atoms with E-state index in [-0.39, 0.29) is 0 Å². The summed E-state index contributed by atoms with van der Waals surface area (Å²) in [7, 11) is 0. The lowest BCUT2D eigenvalue weighted by molar-refractivity contribution is -0.163. The second-order valence-corrected chi connectivity index (χ2v) is 6.38. The molecule has 0 rings (SSSR count). The van der Waals surface area contributed by atoms with Gasteiger partial charge in [0.2, 0.25) is 0 Å². The van der Waals surface area contributed by atoms with Crippen molar-refractivity contribution in [2.24, 2.45) is 5.73 Å². The zero-order chi connectivity index (χ0) is 15.4. The second-order valence-electron chi connectivity index (χ2n) is 6.38. The quantitative estimate of drug-likeness (QED) is 0.792. The minimum absolute atomic E-state index is 0.455. The highest BCUT2D eigenvalue weighted by atomic mass is 19.1. The second kappa shape index (κ2) is 6.32. The van der Waals surface area contributed by atoms with Gasteiger partial charge in [-0.3, -0.25) is 4.79 Å². The Bertz CT molecular complexity index is 299. The van der Waals surface area contributed by atoms with Crippen LogP contribution in [0.2, 0.25) is 0 Å². The molecule has 0 spiro atoms. The van der Waals surface area contributed by atoms with E-state index in [1.165, 1.54) is 0 Å². The van der Waals surface area contributed by atoms with Gasteiger partial charge in [0.25, 0.3) is 0 Å². The van der Waals surface area contributed by atoms with E-state index in [1.807, 2.05) is 0 Å². The molecule has 112 valence electrons. The molecule has 0 amide bonds. The number of carbonyl (C=O) groups excluding carboxylic acids is 2. The summed E-state index contributed by atoms with van der Waals surface area (Å²) in [6, 6.07) is -1.19. The van der Waals surface area contributed by atoms with Crippen LogP contribution in [0, 0.1) is 0 Å². The van der Waals surface area contributed by atoms with Gasteiger partial charge in [-0.1, -0.05) is 0 Å². The van der Waals surface area contributed by atoms with Crippen molar-refractivity contribution in [3.63, 3.8) is 0 Å². The Hall–Kier alpha value is -1.17. The van der Waals surface area contributed by atoms with Gasteiger partial charge in [-0.15, -0.1) is 0 Å². The van der Waals surface area contributed by atoms with Crippen LogP contribution in [-0.2, 0) is 19.1 Å². The third kappa shape index (κ3) is 8.53. The largest absolute Gasteiger partial charge is 0.459 e. The number of ether oxygens (including phenoxy) is 2. The minimum atomic E-state index is -1.94. The normalized spacial score (nSPS) is 15.6. The molecular weight excluding hydrogens is 253 g/mol. The summed E-state index contributed by atoms with van der Waals surface area (Å²) in [6.07, 6.45) is -2.40. The van der Waals surface area contributed by atoms with E-state index in [0.29, 0.717) is 0 Å². The lowest BCUT2D eigenvalue weighted by atomic mass is 10.1. The number of nitrogens with two attached hydrogens (primary N) is 1. The number of halogens is 1. The molecule has 0 aromatic heterocycles. The lowest BCUT2D eigenvalue weighted by Crippen LogP contribution is -2.41. The van der Waals surface area contributed by atoms with Crippen LogP contribution in [0.15, 0.2) is 0 Å². The molecule has 0 saturated heterocycles. The van der Waals surface area contributed by atoms with Crippen LogP contribution < -0.4 is 5.73 Å². The van der Waals surface area contributed by atoms with Gasteiger partial charge >= 0.3 is 11.9 Å². The van der Waals surface area contributed by atoms with Crippen molar-refractivity contribution >= 4 is 11.9 Å². The van der Waals surface area contributed by atoms with Gasteiger partial charge in [0.15, 0.2) is 6.17 Å². The van der Waals surface area contributed by atoms with Crippen LogP contribution in [0.25, 0.3) is 0 Å². The van der Waals surface area contributed by atoms with Gasteiger partial charge in [-0.05, 0) is 41.5 Å². The molecule has 0 heterocycles. The first kappa shape index (κ1) is 17.8. The molecule has 0 aliphatic rings. The van der Waals surface area contributed by atoms with E-state index < -0.39 is 41.8 Å². The lowest BCUT2D eigenvalue weighted by Gasteiger charge is -2.24. The van der Waals surface area contributed by atoms with Gasteiger partial charge in [-0.25, -0.2) is 9.18 Å². The third-order valence-electron chi connectivity index (χ3n) is 1.83. The fraction of sp³-hybridized carbons (Fsp3) is 0.846. The van der Waals surface area contributed by atoms with Crippen LogP contribution in [0.5, 0.6) is 0 Å². The number of rotatable bonds is 4. The van der Waals surface area contributed by atoms with Crippen molar-refractivity contribution in [1.29, 1.82) is 0 Å². The van der Waals surface area contributed by atoms with Crippen molar-refractivity contribution < 1.29 is 23.5 Å². The Labute approximate surface area is 113 Å². The topological polar surface area (TPSA) is 78.6 Å². The first-order valence-corrected chi connectivity index (χ1v) is 6.17. The summed E-state index contributed by atoms with van der Waals surface area (Å²) in [4.78, 5) is 22.9. The fourth-order valence-electron chi connectivity index (χ4n) is 1.16. The molecule has 0 radical (unpaired) electrons. The smallest absolute Gasteiger partial charge is 0.341 e. The molecule has 6 heteroatoms. The summed E-state index contributed by atoms with van der Waals surface area (Å²) in [6.45, 7) is 9.93. The molecule has 0 aromatic carbocycles. The van der Waals surface area contributed by atoms with Gasteiger partial charge in [0.05, 0.1) is 0 Å². The summed E-state index contributed by atoms with van der Waals surface area (Å²) < 4.78 is 23.5. The molecule has 2 N–H and O–H groups in total. The number of hydrogen-bond acceptors (Lipinski definition) is 5. The van der Waals surface area contributed by atoms with Crippen LogP contribution in [0.1, 0.15) is 48.0 Å². The molecule has 0 saturated carbocycles. The predicted octanol–water partition coefficient (Wildman–Crippen LogP) is 1.73. The van der Waals surface area contributed by atoms with E-state index >= 15 is 0 Å². The number of hydrogen-bond donors (Lipinski definition) is 1. The molecule has 5 nitrogen and oxygen atoms in total. The summed E-state index contributed by atoms with van der Waals surface area (Å²) in [5.41, 5.74) is 4.02. The maximum Gasteiger partial charge on any atom is 0.341 e. The third-order valence-corrected chi connectivity index (χ3v) is 1.83. The van der Waals surface area contributed by atoms with Crippen molar-refractivity contribution in [3.8, 4) is 0 Å². The molecular formula is C13H24FNO4. The molecule has 0 fully saturated rings. The summed E-state index contributed by atoms with van der Waals surface area (Å²) in [5, 5.41) is 0. The zero-order valence-electron chi connectivity index (χ0n) is 12.5. The van der Waals surface area contributed by atoms with Gasteiger partial charge in [0.1, 0.15) is 17.2 Å². The highest BCUT2D eigenvalue weighted by molar-refractivity contribution is 5.79. The maximum atomic E-state index is 13.6. The Morgan fingerprint density at radius 1 is 1.00 bits per heavy atom. The van der Waals surface area contributed by atoms with Crippen LogP contribution in [0.4, 0.5) is 4.39 Å². The van der Waals surface area contributed by atoms with Crippen molar-refractivity contribution in [3.05, 3.63) is 0 Å². The number of esters is 2. The van der Waals surface area contributed by atoms with E-state index in [2.05, 4.69) is 0 Å². The summed E-state index contributed by atoms with van der Waals surface area (Å²) >= 11 is 0. The van der Waals surface area contributed by atoms with Crippen molar-refractivity contribution in [2.45, 2.75) is 71.4 Å². The molecule has 0 aromatic rings. The fourth-order valence-corrected chi connectivity index (χ4v) is 1.16. The molecule has 0 aliphatic carbocycles. The SMILES string of the molecule is CC(C)(C)OC(=O)[C@@H](N)C[C@H](F)C(=O)OC(C)(C)C. The molecule has 0 aliphatic heterocycles. The molecule has 0 unspecified atom stereocenters. The van der Waals surface area contributed by atoms with Crippen molar-refractivity contribution in [1.82, 2.24) is 0 Å². The molecule has 0 bridgehead atoms. The monoisotopic (exact) mass is 277 g/mol. The Kier molecular flexibility index (Phi) is 5.93.